The molecule has 0 amide bonds. The van der Waals surface area contributed by atoms with Gasteiger partial charge in [-0.1, -0.05) is 25.5 Å². The van der Waals surface area contributed by atoms with Crippen molar-refractivity contribution in [2.45, 2.75) is 46.4 Å². The molecule has 0 aliphatic rings. The number of aromatic amines is 1. The number of carbonyl (C=O) groups excluding carboxylic acids is 1. The minimum atomic E-state index is -0.489. The number of carbonyl (C=O) groups is 1. The molecule has 3 aromatic rings. The molecule has 28 heavy (non-hydrogen) atoms. The number of aromatic nitrogens is 4. The Morgan fingerprint density at radius 1 is 1.21 bits per heavy atom. The highest BCUT2D eigenvalue weighted by atomic mass is 127. The van der Waals surface area contributed by atoms with E-state index in [-0.39, 0.29) is 6.61 Å². The predicted octanol–water partition coefficient (Wildman–Crippen LogP) is 2.67. The van der Waals surface area contributed by atoms with Crippen molar-refractivity contribution >= 4 is 39.7 Å². The minimum absolute atomic E-state index is 0.0895. The van der Waals surface area contributed by atoms with Crippen LogP contribution >= 0.6 is 22.6 Å². The van der Waals surface area contributed by atoms with Gasteiger partial charge in [0.1, 0.15) is 12.4 Å². The molecular weight excluding hydrogens is 475 g/mol. The standard InChI is InChI=1S/C19H21IN4O4/c1-3-5-10-24-16-15(17(25)22-19(24)27)23(4-2)14(21-16)11-28-18(26)12-8-6-7-9-13(12)20/h6-9H,3-5,10-11H2,1-2H3,(H,22,25,27). The van der Waals surface area contributed by atoms with Crippen molar-refractivity contribution in [2.24, 2.45) is 0 Å². The van der Waals surface area contributed by atoms with Gasteiger partial charge in [-0.25, -0.2) is 14.6 Å². The number of hydrogen-bond donors (Lipinski definition) is 1. The van der Waals surface area contributed by atoms with Crippen LogP contribution in [-0.2, 0) is 24.4 Å². The van der Waals surface area contributed by atoms with Crippen molar-refractivity contribution in [2.75, 3.05) is 0 Å². The lowest BCUT2D eigenvalue weighted by atomic mass is 10.2. The van der Waals surface area contributed by atoms with E-state index >= 15 is 0 Å². The summed E-state index contributed by atoms with van der Waals surface area (Å²) in [4.78, 5) is 43.8. The number of nitrogens with zero attached hydrogens (tertiary/aromatic N) is 3. The number of hydrogen-bond acceptors (Lipinski definition) is 5. The van der Waals surface area contributed by atoms with Gasteiger partial charge in [-0.2, -0.15) is 0 Å². The quantitative estimate of drug-likeness (QED) is 0.401. The molecule has 2 heterocycles. The molecule has 0 aliphatic carbocycles. The molecule has 0 spiro atoms. The zero-order valence-electron chi connectivity index (χ0n) is 15.7. The van der Waals surface area contributed by atoms with Crippen molar-refractivity contribution in [1.82, 2.24) is 19.1 Å². The molecule has 1 N–H and O–H groups in total. The van der Waals surface area contributed by atoms with Gasteiger partial charge in [0.05, 0.1) is 5.56 Å². The van der Waals surface area contributed by atoms with Gasteiger partial charge in [-0.15, -0.1) is 0 Å². The van der Waals surface area contributed by atoms with Crippen LogP contribution in [0.25, 0.3) is 11.2 Å². The zero-order valence-corrected chi connectivity index (χ0v) is 17.9. The highest BCUT2D eigenvalue weighted by molar-refractivity contribution is 14.1. The van der Waals surface area contributed by atoms with E-state index in [9.17, 15) is 14.4 Å². The summed E-state index contributed by atoms with van der Waals surface area (Å²) in [6.07, 6.45) is 1.69. The number of unbranched alkanes of at least 4 members (excludes halogenated alkanes) is 1. The number of nitrogens with one attached hydrogen (secondary N) is 1. The molecule has 1 aromatic carbocycles. The van der Waals surface area contributed by atoms with Crippen LogP contribution in [0.4, 0.5) is 0 Å². The lowest BCUT2D eigenvalue weighted by molar-refractivity contribution is 0.0457. The van der Waals surface area contributed by atoms with E-state index < -0.39 is 17.2 Å². The monoisotopic (exact) mass is 496 g/mol. The van der Waals surface area contributed by atoms with E-state index in [1.54, 1.807) is 16.7 Å². The summed E-state index contributed by atoms with van der Waals surface area (Å²) in [5, 5.41) is 0. The van der Waals surface area contributed by atoms with Gasteiger partial charge in [-0.05, 0) is 48.1 Å². The predicted molar refractivity (Wildman–Crippen MR) is 113 cm³/mol. The van der Waals surface area contributed by atoms with Crippen molar-refractivity contribution in [1.29, 1.82) is 0 Å². The molecule has 0 bridgehead atoms. The topological polar surface area (TPSA) is 99.0 Å². The molecule has 148 valence electrons. The smallest absolute Gasteiger partial charge is 0.339 e. The molecular formula is C19H21IN4O4. The number of imidazole rings is 1. The number of ether oxygens (including phenoxy) is 1. The highest BCUT2D eigenvalue weighted by Crippen LogP contribution is 2.16. The van der Waals surface area contributed by atoms with Crippen LogP contribution in [0.1, 0.15) is 42.9 Å². The Labute approximate surface area is 174 Å². The van der Waals surface area contributed by atoms with Crippen molar-refractivity contribution in [3.05, 3.63) is 60.1 Å². The second kappa shape index (κ2) is 8.72. The van der Waals surface area contributed by atoms with Gasteiger partial charge in [0.15, 0.2) is 11.2 Å². The van der Waals surface area contributed by atoms with Crippen LogP contribution in [0.2, 0.25) is 0 Å². The molecule has 2 aromatic heterocycles. The number of benzene rings is 1. The summed E-state index contributed by atoms with van der Waals surface area (Å²) in [5.74, 6) is -0.0323. The molecule has 0 unspecified atom stereocenters. The Hall–Kier alpha value is -2.43. The first-order valence-corrected chi connectivity index (χ1v) is 10.2. The summed E-state index contributed by atoms with van der Waals surface area (Å²) >= 11 is 2.08. The average molecular weight is 496 g/mol. The van der Waals surface area contributed by atoms with Crippen molar-refractivity contribution in [3.8, 4) is 0 Å². The maximum Gasteiger partial charge on any atom is 0.339 e. The van der Waals surface area contributed by atoms with Crippen molar-refractivity contribution in [3.63, 3.8) is 0 Å². The molecule has 3 rings (SSSR count). The Morgan fingerprint density at radius 3 is 2.64 bits per heavy atom. The maximum atomic E-state index is 12.4. The Morgan fingerprint density at radius 2 is 1.96 bits per heavy atom. The van der Waals surface area contributed by atoms with E-state index in [4.69, 9.17) is 4.74 Å². The Bertz CT molecular complexity index is 1130. The molecule has 0 atom stereocenters. The molecule has 8 nitrogen and oxygen atoms in total. The van der Waals surface area contributed by atoms with E-state index in [2.05, 4.69) is 32.6 Å². The molecule has 0 fully saturated rings. The minimum Gasteiger partial charge on any atom is -0.454 e. The summed E-state index contributed by atoms with van der Waals surface area (Å²) in [6, 6.07) is 7.13. The van der Waals surface area contributed by atoms with Gasteiger partial charge >= 0.3 is 11.7 Å². The molecule has 0 radical (unpaired) electrons. The van der Waals surface area contributed by atoms with Crippen LogP contribution in [-0.4, -0.2) is 25.1 Å². The zero-order chi connectivity index (χ0) is 20.3. The lowest BCUT2D eigenvalue weighted by Gasteiger charge is -2.08. The molecule has 9 heteroatoms. The lowest BCUT2D eigenvalue weighted by Crippen LogP contribution is -2.31. The number of halogens is 1. The fourth-order valence-electron chi connectivity index (χ4n) is 3.03. The number of H-pyrrole nitrogens is 1. The summed E-state index contributed by atoms with van der Waals surface area (Å²) in [5.41, 5.74) is 0.147. The number of aryl methyl sites for hydroxylation is 2. The Balaban J connectivity index is 1.98. The third kappa shape index (κ3) is 3.89. The fourth-order valence-corrected chi connectivity index (χ4v) is 3.63. The third-order valence-corrected chi connectivity index (χ3v) is 5.38. The SMILES string of the molecule is CCCCn1c(=O)[nH]c(=O)c2c1nc(COC(=O)c1ccccc1I)n2CC. The second-order valence-corrected chi connectivity index (χ2v) is 7.43. The van der Waals surface area contributed by atoms with Crippen LogP contribution in [0, 0.1) is 3.57 Å². The summed E-state index contributed by atoms with van der Waals surface area (Å²) in [7, 11) is 0. The van der Waals surface area contributed by atoms with Gasteiger partial charge in [-0.3, -0.25) is 14.3 Å². The Kier molecular flexibility index (Phi) is 6.32. The van der Waals surface area contributed by atoms with E-state index in [1.807, 2.05) is 26.0 Å². The first kappa shape index (κ1) is 20.3. The van der Waals surface area contributed by atoms with Gasteiger partial charge < -0.3 is 9.30 Å². The number of fused-ring (bicyclic) bond motifs is 1. The largest absolute Gasteiger partial charge is 0.454 e. The maximum absolute atomic E-state index is 12.4. The third-order valence-electron chi connectivity index (χ3n) is 4.44. The first-order chi connectivity index (χ1) is 13.5. The fraction of sp³-hybridized carbons (Fsp3) is 0.368. The second-order valence-electron chi connectivity index (χ2n) is 6.26. The van der Waals surface area contributed by atoms with Crippen LogP contribution in [0.15, 0.2) is 33.9 Å². The van der Waals surface area contributed by atoms with Gasteiger partial charge in [0.25, 0.3) is 5.56 Å². The van der Waals surface area contributed by atoms with Gasteiger partial charge in [0.2, 0.25) is 0 Å². The van der Waals surface area contributed by atoms with Crippen molar-refractivity contribution < 1.29 is 9.53 Å². The number of rotatable bonds is 7. The molecule has 0 aliphatic heterocycles. The van der Waals surface area contributed by atoms with E-state index in [0.29, 0.717) is 35.6 Å². The normalized spacial score (nSPS) is 11.1. The highest BCUT2D eigenvalue weighted by Gasteiger charge is 2.19. The summed E-state index contributed by atoms with van der Waals surface area (Å²) in [6.45, 7) is 4.72. The van der Waals surface area contributed by atoms with Crippen LogP contribution < -0.4 is 11.2 Å². The van der Waals surface area contributed by atoms with Crippen LogP contribution in [0.3, 0.4) is 0 Å². The molecule has 0 saturated heterocycles. The van der Waals surface area contributed by atoms with Crippen LogP contribution in [0.5, 0.6) is 0 Å². The van der Waals surface area contributed by atoms with E-state index in [1.165, 1.54) is 4.57 Å². The van der Waals surface area contributed by atoms with Gasteiger partial charge in [0, 0.05) is 16.7 Å². The average Bonchev–Trinajstić information content (AvgIpc) is 3.05. The molecule has 0 saturated carbocycles. The summed E-state index contributed by atoms with van der Waals surface area (Å²) < 4.78 is 9.37. The number of esters is 1. The van der Waals surface area contributed by atoms with E-state index in [0.717, 1.165) is 16.4 Å². The first-order valence-electron chi connectivity index (χ1n) is 9.11.